The summed E-state index contributed by atoms with van der Waals surface area (Å²) in [5, 5.41) is 3.17. The van der Waals surface area contributed by atoms with Crippen LogP contribution in [-0.4, -0.2) is 26.7 Å². The molecular formula is C23H31ClN2O3. The second-order valence-electron chi connectivity index (χ2n) is 7.49. The molecule has 0 aliphatic heterocycles. The van der Waals surface area contributed by atoms with Crippen LogP contribution in [0.4, 0.5) is 0 Å². The maximum atomic E-state index is 12.7. The number of halogens is 1. The molecule has 1 amide bonds. The van der Waals surface area contributed by atoms with Crippen molar-refractivity contribution in [2.75, 3.05) is 20.8 Å². The number of rotatable bonds is 7. The number of ether oxygens (including phenoxy) is 2. The zero-order valence-corrected chi connectivity index (χ0v) is 18.0. The second kappa shape index (κ2) is 10.5. The molecular weight excluding hydrogens is 388 g/mol. The summed E-state index contributed by atoms with van der Waals surface area (Å²) in [6.07, 6.45) is 5.66. The first-order chi connectivity index (χ1) is 13.6. The predicted octanol–water partition coefficient (Wildman–Crippen LogP) is 4.22. The van der Waals surface area contributed by atoms with Gasteiger partial charge in [-0.25, -0.2) is 0 Å². The van der Waals surface area contributed by atoms with Crippen LogP contribution in [0.25, 0.3) is 0 Å². The first kappa shape index (κ1) is 23.0. The van der Waals surface area contributed by atoms with Crippen molar-refractivity contribution in [2.45, 2.75) is 44.1 Å². The molecule has 1 fully saturated rings. The van der Waals surface area contributed by atoms with Gasteiger partial charge in [-0.1, -0.05) is 37.5 Å². The van der Waals surface area contributed by atoms with Gasteiger partial charge in [0.25, 0.3) is 5.91 Å². The minimum atomic E-state index is -0.0787. The lowest BCUT2D eigenvalue weighted by Crippen LogP contribution is -2.42. The first-order valence-electron chi connectivity index (χ1n) is 9.91. The maximum Gasteiger partial charge on any atom is 0.251 e. The Morgan fingerprint density at radius 1 is 1.00 bits per heavy atom. The van der Waals surface area contributed by atoms with Crippen LogP contribution in [0.1, 0.15) is 53.6 Å². The van der Waals surface area contributed by atoms with Gasteiger partial charge in [0.15, 0.2) is 11.5 Å². The van der Waals surface area contributed by atoms with Crippen LogP contribution in [0.15, 0.2) is 42.5 Å². The third-order valence-corrected chi connectivity index (χ3v) is 5.85. The lowest BCUT2D eigenvalue weighted by molar-refractivity contribution is 0.0936. The largest absolute Gasteiger partial charge is 0.493 e. The molecule has 2 aromatic carbocycles. The molecule has 0 atom stereocenters. The average molecular weight is 419 g/mol. The van der Waals surface area contributed by atoms with Crippen LogP contribution in [-0.2, 0) is 12.0 Å². The van der Waals surface area contributed by atoms with Crippen LogP contribution in [0.5, 0.6) is 11.5 Å². The van der Waals surface area contributed by atoms with Gasteiger partial charge >= 0.3 is 0 Å². The molecule has 158 valence electrons. The van der Waals surface area contributed by atoms with Gasteiger partial charge in [-0.3, -0.25) is 4.79 Å². The monoisotopic (exact) mass is 418 g/mol. The van der Waals surface area contributed by atoms with E-state index < -0.39 is 0 Å². The van der Waals surface area contributed by atoms with Crippen molar-refractivity contribution >= 4 is 18.3 Å². The Balaban J connectivity index is 0.00000300. The van der Waals surface area contributed by atoms with E-state index in [2.05, 4.69) is 17.4 Å². The van der Waals surface area contributed by atoms with Gasteiger partial charge in [-0.2, -0.15) is 0 Å². The number of amides is 1. The molecule has 2 aromatic rings. The highest BCUT2D eigenvalue weighted by Gasteiger charge is 2.35. The van der Waals surface area contributed by atoms with Crippen molar-refractivity contribution < 1.29 is 14.3 Å². The quantitative estimate of drug-likeness (QED) is 0.706. The number of carbonyl (C=O) groups excluding carboxylic acids is 1. The third-order valence-electron chi connectivity index (χ3n) is 5.85. The number of nitrogens with two attached hydrogens (primary N) is 1. The number of hydrogen-bond donors (Lipinski definition) is 2. The van der Waals surface area contributed by atoms with E-state index in [1.165, 1.54) is 12.0 Å². The molecule has 1 aliphatic rings. The number of benzene rings is 2. The second-order valence-corrected chi connectivity index (χ2v) is 7.49. The van der Waals surface area contributed by atoms with E-state index in [0.717, 1.165) is 42.7 Å². The van der Waals surface area contributed by atoms with Gasteiger partial charge in [0.2, 0.25) is 0 Å². The SMILES string of the molecule is COc1ccc(C2(CNC(=O)c3ccc(CN)cc3)CCCCC2)cc1OC.Cl. The van der Waals surface area contributed by atoms with Crippen LogP contribution in [0, 0.1) is 0 Å². The Bertz CT molecular complexity index is 802. The summed E-state index contributed by atoms with van der Waals surface area (Å²) < 4.78 is 10.9. The molecule has 0 heterocycles. The van der Waals surface area contributed by atoms with Gasteiger partial charge in [0, 0.05) is 24.1 Å². The van der Waals surface area contributed by atoms with E-state index in [1.807, 2.05) is 30.3 Å². The summed E-state index contributed by atoms with van der Waals surface area (Å²) in [6, 6.07) is 13.6. The minimum absolute atomic E-state index is 0. The summed E-state index contributed by atoms with van der Waals surface area (Å²) in [7, 11) is 3.30. The fraction of sp³-hybridized carbons (Fsp3) is 0.435. The maximum absolute atomic E-state index is 12.7. The molecule has 0 radical (unpaired) electrons. The topological polar surface area (TPSA) is 73.6 Å². The predicted molar refractivity (Wildman–Crippen MR) is 118 cm³/mol. The van der Waals surface area contributed by atoms with Crippen LogP contribution < -0.4 is 20.5 Å². The summed E-state index contributed by atoms with van der Waals surface area (Å²) in [4.78, 5) is 12.7. The zero-order chi connectivity index (χ0) is 20.0. The summed E-state index contributed by atoms with van der Waals surface area (Å²) in [6.45, 7) is 1.09. The Morgan fingerprint density at radius 2 is 1.66 bits per heavy atom. The van der Waals surface area contributed by atoms with E-state index in [-0.39, 0.29) is 23.7 Å². The highest BCUT2D eigenvalue weighted by Crippen LogP contribution is 2.42. The van der Waals surface area contributed by atoms with Crippen molar-refractivity contribution in [1.82, 2.24) is 5.32 Å². The molecule has 3 rings (SSSR count). The molecule has 1 aliphatic carbocycles. The van der Waals surface area contributed by atoms with Gasteiger partial charge < -0.3 is 20.5 Å². The normalized spacial score (nSPS) is 15.1. The Morgan fingerprint density at radius 3 is 2.24 bits per heavy atom. The molecule has 1 saturated carbocycles. The molecule has 0 aromatic heterocycles. The molecule has 0 bridgehead atoms. The minimum Gasteiger partial charge on any atom is -0.493 e. The van der Waals surface area contributed by atoms with Gasteiger partial charge in [0.1, 0.15) is 0 Å². The Labute approximate surface area is 179 Å². The summed E-state index contributed by atoms with van der Waals surface area (Å²) in [5.74, 6) is 1.41. The first-order valence-corrected chi connectivity index (χ1v) is 9.91. The average Bonchev–Trinajstić information content (AvgIpc) is 2.77. The molecule has 3 N–H and O–H groups in total. The van der Waals surface area contributed by atoms with E-state index in [1.54, 1.807) is 14.2 Å². The number of nitrogens with one attached hydrogen (secondary N) is 1. The molecule has 6 heteroatoms. The van der Waals surface area contributed by atoms with Crippen LogP contribution >= 0.6 is 12.4 Å². The zero-order valence-electron chi connectivity index (χ0n) is 17.2. The van der Waals surface area contributed by atoms with E-state index in [4.69, 9.17) is 15.2 Å². The van der Waals surface area contributed by atoms with Crippen molar-refractivity contribution in [2.24, 2.45) is 5.73 Å². The Kier molecular flexibility index (Phi) is 8.35. The van der Waals surface area contributed by atoms with Crippen LogP contribution in [0.3, 0.4) is 0 Å². The smallest absolute Gasteiger partial charge is 0.251 e. The van der Waals surface area contributed by atoms with Gasteiger partial charge in [0.05, 0.1) is 14.2 Å². The van der Waals surface area contributed by atoms with Gasteiger partial charge in [-0.05, 0) is 48.2 Å². The highest BCUT2D eigenvalue weighted by atomic mass is 35.5. The van der Waals surface area contributed by atoms with Crippen molar-refractivity contribution in [3.8, 4) is 11.5 Å². The van der Waals surface area contributed by atoms with E-state index in [9.17, 15) is 4.79 Å². The number of hydrogen-bond acceptors (Lipinski definition) is 4. The van der Waals surface area contributed by atoms with Gasteiger partial charge in [-0.15, -0.1) is 12.4 Å². The van der Waals surface area contributed by atoms with Crippen molar-refractivity contribution in [3.05, 3.63) is 59.2 Å². The lowest BCUT2D eigenvalue weighted by Gasteiger charge is -2.38. The van der Waals surface area contributed by atoms with Crippen molar-refractivity contribution in [3.63, 3.8) is 0 Å². The third kappa shape index (κ3) is 5.22. The fourth-order valence-electron chi connectivity index (χ4n) is 4.11. The summed E-state index contributed by atoms with van der Waals surface area (Å²) >= 11 is 0. The van der Waals surface area contributed by atoms with E-state index >= 15 is 0 Å². The fourth-order valence-corrected chi connectivity index (χ4v) is 4.11. The van der Waals surface area contributed by atoms with Crippen molar-refractivity contribution in [1.29, 1.82) is 0 Å². The standard InChI is InChI=1S/C23H30N2O3.ClH/c1-27-20-11-10-19(14-21(20)28-2)23(12-4-3-5-13-23)16-25-22(26)18-8-6-17(15-24)7-9-18;/h6-11,14H,3-5,12-13,15-16,24H2,1-2H3,(H,25,26);1H. The molecule has 0 unspecified atom stereocenters. The molecule has 5 nitrogen and oxygen atoms in total. The highest BCUT2D eigenvalue weighted by molar-refractivity contribution is 5.94. The Hall–Kier alpha value is -2.24. The number of methoxy groups -OCH3 is 2. The summed E-state index contributed by atoms with van der Waals surface area (Å²) in [5.41, 5.74) is 8.44. The number of carbonyl (C=O) groups is 1. The molecule has 0 spiro atoms. The van der Waals surface area contributed by atoms with Crippen LogP contribution in [0.2, 0.25) is 0 Å². The lowest BCUT2D eigenvalue weighted by atomic mass is 9.69. The molecule has 0 saturated heterocycles. The van der Waals surface area contributed by atoms with E-state index in [0.29, 0.717) is 18.7 Å². The molecule has 29 heavy (non-hydrogen) atoms.